The molecule has 0 radical (unpaired) electrons. The fourth-order valence-electron chi connectivity index (χ4n) is 2.63. The third-order valence-corrected chi connectivity index (χ3v) is 6.52. The molecule has 6 nitrogen and oxygen atoms in total. The number of hydrogen-bond donors (Lipinski definition) is 2. The smallest absolute Gasteiger partial charge is 0.244 e. The lowest BCUT2D eigenvalue weighted by atomic mass is 10.0. The molecule has 0 spiro atoms. The summed E-state index contributed by atoms with van der Waals surface area (Å²) < 4.78 is 29.3. The maximum atomic E-state index is 12.5. The van der Waals surface area contributed by atoms with Crippen LogP contribution in [-0.2, 0) is 16.6 Å². The van der Waals surface area contributed by atoms with Gasteiger partial charge in [0, 0.05) is 6.54 Å². The molecule has 8 heteroatoms. The van der Waals surface area contributed by atoms with Crippen LogP contribution in [0.15, 0.2) is 4.90 Å². The number of hydrogen-bond acceptors (Lipinski definition) is 5. The van der Waals surface area contributed by atoms with Gasteiger partial charge in [0.2, 0.25) is 10.0 Å². The van der Waals surface area contributed by atoms with Crippen molar-refractivity contribution in [1.82, 2.24) is 14.5 Å². The van der Waals surface area contributed by atoms with E-state index in [2.05, 4.69) is 9.82 Å². The Kier molecular flexibility index (Phi) is 5.70. The molecule has 1 fully saturated rings. The molecule has 0 saturated carbocycles. The van der Waals surface area contributed by atoms with Crippen molar-refractivity contribution in [2.24, 2.45) is 5.92 Å². The van der Waals surface area contributed by atoms with Crippen LogP contribution in [0.4, 0.5) is 0 Å². The Bertz CT molecular complexity index is 578. The summed E-state index contributed by atoms with van der Waals surface area (Å²) in [6.07, 6.45) is 2.13. The number of nitrogens with zero attached hydrogens (tertiary/aromatic N) is 2. The first-order chi connectivity index (χ1) is 9.95. The number of aliphatic hydroxyl groups excluding tert-OH is 1. The maximum absolute atomic E-state index is 12.5. The SMILES string of the molecule is Cc1nn(CCO)c(C)c1S(=O)(=O)NCC1CCSCC1. The van der Waals surface area contributed by atoms with Crippen molar-refractivity contribution in [1.29, 1.82) is 0 Å². The van der Waals surface area contributed by atoms with Gasteiger partial charge in [-0.1, -0.05) is 0 Å². The minimum absolute atomic E-state index is 0.0609. The van der Waals surface area contributed by atoms with Gasteiger partial charge in [0.25, 0.3) is 0 Å². The molecule has 21 heavy (non-hydrogen) atoms. The number of nitrogens with one attached hydrogen (secondary N) is 1. The van der Waals surface area contributed by atoms with Crippen LogP contribution in [0.2, 0.25) is 0 Å². The fourth-order valence-corrected chi connectivity index (χ4v) is 5.36. The largest absolute Gasteiger partial charge is 0.394 e. The highest BCUT2D eigenvalue weighted by Crippen LogP contribution is 2.23. The van der Waals surface area contributed by atoms with E-state index in [1.807, 2.05) is 11.8 Å². The van der Waals surface area contributed by atoms with Gasteiger partial charge in [-0.15, -0.1) is 0 Å². The van der Waals surface area contributed by atoms with Gasteiger partial charge in [0.15, 0.2) is 0 Å². The third-order valence-electron chi connectivity index (χ3n) is 3.80. The van der Waals surface area contributed by atoms with Gasteiger partial charge in [-0.05, 0) is 44.1 Å². The summed E-state index contributed by atoms with van der Waals surface area (Å²) in [4.78, 5) is 0.251. The predicted molar refractivity (Wildman–Crippen MR) is 84.0 cm³/mol. The average Bonchev–Trinajstić information content (AvgIpc) is 2.73. The third kappa shape index (κ3) is 4.00. The Hall–Kier alpha value is -0.570. The molecule has 1 aliphatic heterocycles. The molecule has 120 valence electrons. The minimum Gasteiger partial charge on any atom is -0.394 e. The molecule has 1 aromatic heterocycles. The van der Waals surface area contributed by atoms with Crippen LogP contribution < -0.4 is 4.72 Å². The zero-order valence-corrected chi connectivity index (χ0v) is 14.1. The molecule has 0 atom stereocenters. The van der Waals surface area contributed by atoms with Crippen LogP contribution in [0.25, 0.3) is 0 Å². The topological polar surface area (TPSA) is 84.2 Å². The van der Waals surface area contributed by atoms with Crippen molar-refractivity contribution in [3.63, 3.8) is 0 Å². The molecule has 1 saturated heterocycles. The maximum Gasteiger partial charge on any atom is 0.244 e. The Labute approximate surface area is 130 Å². The lowest BCUT2D eigenvalue weighted by molar-refractivity contribution is 0.267. The van der Waals surface area contributed by atoms with Crippen LogP contribution in [0.3, 0.4) is 0 Å². The zero-order valence-electron chi connectivity index (χ0n) is 12.5. The monoisotopic (exact) mass is 333 g/mol. The number of aromatic nitrogens is 2. The second kappa shape index (κ2) is 7.13. The predicted octanol–water partition coefficient (Wildman–Crippen LogP) is 0.914. The molecule has 0 amide bonds. The highest BCUT2D eigenvalue weighted by atomic mass is 32.2. The first-order valence-electron chi connectivity index (χ1n) is 7.18. The van der Waals surface area contributed by atoms with E-state index in [1.54, 1.807) is 18.5 Å². The van der Waals surface area contributed by atoms with Crippen molar-refractivity contribution in [2.75, 3.05) is 24.7 Å². The van der Waals surface area contributed by atoms with E-state index < -0.39 is 10.0 Å². The van der Waals surface area contributed by atoms with Crippen LogP contribution in [0, 0.1) is 19.8 Å². The highest BCUT2D eigenvalue weighted by Gasteiger charge is 2.25. The molecule has 1 aliphatic rings. The number of aliphatic hydroxyl groups is 1. The second-order valence-corrected chi connectivity index (χ2v) is 8.28. The molecular formula is C13H23N3O3S2. The first kappa shape index (κ1) is 16.8. The molecule has 2 heterocycles. The van der Waals surface area contributed by atoms with Gasteiger partial charge < -0.3 is 5.11 Å². The van der Waals surface area contributed by atoms with Gasteiger partial charge in [0.05, 0.1) is 24.5 Å². The van der Waals surface area contributed by atoms with E-state index in [1.165, 1.54) is 0 Å². The van der Waals surface area contributed by atoms with Crippen LogP contribution in [0.5, 0.6) is 0 Å². The van der Waals surface area contributed by atoms with E-state index in [-0.39, 0.29) is 11.5 Å². The molecular weight excluding hydrogens is 310 g/mol. The van der Waals surface area contributed by atoms with Gasteiger partial charge in [0.1, 0.15) is 4.90 Å². The normalized spacial score (nSPS) is 17.3. The average molecular weight is 333 g/mol. The Morgan fingerprint density at radius 2 is 2.05 bits per heavy atom. The molecule has 0 unspecified atom stereocenters. The Morgan fingerprint density at radius 1 is 1.38 bits per heavy atom. The second-order valence-electron chi connectivity index (χ2n) is 5.35. The van der Waals surface area contributed by atoms with E-state index in [0.717, 1.165) is 24.3 Å². The Balaban J connectivity index is 2.11. The van der Waals surface area contributed by atoms with Crippen molar-refractivity contribution in [2.45, 2.75) is 38.1 Å². The number of rotatable bonds is 6. The van der Waals surface area contributed by atoms with Gasteiger partial charge >= 0.3 is 0 Å². The van der Waals surface area contributed by atoms with Crippen LogP contribution in [-0.4, -0.2) is 48.0 Å². The summed E-state index contributed by atoms with van der Waals surface area (Å²) in [6.45, 7) is 4.15. The summed E-state index contributed by atoms with van der Waals surface area (Å²) in [5.41, 5.74) is 1.06. The summed E-state index contributed by atoms with van der Waals surface area (Å²) >= 11 is 1.93. The lowest BCUT2D eigenvalue weighted by Crippen LogP contribution is -2.31. The van der Waals surface area contributed by atoms with E-state index in [9.17, 15) is 8.42 Å². The van der Waals surface area contributed by atoms with E-state index >= 15 is 0 Å². The first-order valence-corrected chi connectivity index (χ1v) is 9.81. The quantitative estimate of drug-likeness (QED) is 0.808. The molecule has 0 bridgehead atoms. The Morgan fingerprint density at radius 3 is 2.67 bits per heavy atom. The van der Waals surface area contributed by atoms with E-state index in [4.69, 9.17) is 5.11 Å². The zero-order chi connectivity index (χ0) is 15.5. The minimum atomic E-state index is -3.54. The van der Waals surface area contributed by atoms with Gasteiger partial charge in [-0.3, -0.25) is 4.68 Å². The number of sulfonamides is 1. The number of thioether (sulfide) groups is 1. The standard InChI is InChI=1S/C13H23N3O3S2/c1-10-13(11(2)16(15-10)5-6-17)21(18,19)14-9-12-3-7-20-8-4-12/h12,14,17H,3-9H2,1-2H3. The number of aryl methyl sites for hydroxylation is 1. The fraction of sp³-hybridized carbons (Fsp3) is 0.769. The van der Waals surface area contributed by atoms with Gasteiger partial charge in [-0.25, -0.2) is 13.1 Å². The summed E-state index contributed by atoms with van der Waals surface area (Å²) in [5.74, 6) is 2.65. The highest BCUT2D eigenvalue weighted by molar-refractivity contribution is 7.99. The van der Waals surface area contributed by atoms with Crippen molar-refractivity contribution >= 4 is 21.8 Å². The molecule has 2 N–H and O–H groups in total. The van der Waals surface area contributed by atoms with Gasteiger partial charge in [-0.2, -0.15) is 16.9 Å². The molecule has 2 rings (SSSR count). The summed E-state index contributed by atoms with van der Waals surface area (Å²) in [5, 5.41) is 13.2. The van der Waals surface area contributed by atoms with E-state index in [0.29, 0.717) is 30.4 Å². The lowest BCUT2D eigenvalue weighted by Gasteiger charge is -2.21. The molecule has 1 aromatic rings. The van der Waals surface area contributed by atoms with Crippen molar-refractivity contribution in [3.05, 3.63) is 11.4 Å². The van der Waals surface area contributed by atoms with Crippen molar-refractivity contribution in [3.8, 4) is 0 Å². The molecule has 0 aliphatic carbocycles. The summed E-state index contributed by atoms with van der Waals surface area (Å²) in [6, 6.07) is 0. The summed E-state index contributed by atoms with van der Waals surface area (Å²) in [7, 11) is -3.54. The van der Waals surface area contributed by atoms with Crippen molar-refractivity contribution < 1.29 is 13.5 Å². The van der Waals surface area contributed by atoms with Crippen LogP contribution >= 0.6 is 11.8 Å². The van der Waals surface area contributed by atoms with Crippen LogP contribution in [0.1, 0.15) is 24.2 Å². The molecule has 0 aromatic carbocycles.